The van der Waals surface area contributed by atoms with E-state index in [-0.39, 0.29) is 5.91 Å². The van der Waals surface area contributed by atoms with Crippen molar-refractivity contribution >= 4 is 34.3 Å². The van der Waals surface area contributed by atoms with E-state index in [1.807, 2.05) is 0 Å². The van der Waals surface area contributed by atoms with E-state index in [0.717, 1.165) is 55.3 Å². The van der Waals surface area contributed by atoms with E-state index in [2.05, 4.69) is 31.8 Å². The minimum atomic E-state index is 0.0196. The molecule has 0 radical (unpaired) electrons. The molecule has 3 heterocycles. The highest BCUT2D eigenvalue weighted by Crippen LogP contribution is 2.26. The Labute approximate surface area is 133 Å². The minimum absolute atomic E-state index is 0.0196. The predicted octanol–water partition coefficient (Wildman–Crippen LogP) is 1.13. The Kier molecular flexibility index (Phi) is 5.10. The molecule has 116 valence electrons. The monoisotopic (exact) mass is 327 g/mol. The van der Waals surface area contributed by atoms with Gasteiger partial charge in [0.1, 0.15) is 0 Å². The Morgan fingerprint density at radius 3 is 2.95 bits per heavy atom. The van der Waals surface area contributed by atoms with Crippen LogP contribution in [-0.2, 0) is 4.79 Å². The summed E-state index contributed by atoms with van der Waals surface area (Å²) in [5.74, 6) is 2.47. The average Bonchev–Trinajstić information content (AvgIpc) is 3.12. The van der Waals surface area contributed by atoms with Gasteiger partial charge in [-0.25, -0.2) is 0 Å². The highest BCUT2D eigenvalue weighted by molar-refractivity contribution is 7.99. The molecule has 0 unspecified atom stereocenters. The van der Waals surface area contributed by atoms with Crippen LogP contribution in [0.4, 0.5) is 5.13 Å². The van der Waals surface area contributed by atoms with Crippen molar-refractivity contribution in [1.82, 2.24) is 19.6 Å². The standard InChI is InChI=1S/C13H21N5OS2/c1-2-3-20-13-16-12(21-17-13)15-11(19)8-18-6-9-4-14-5-10(9)7-18/h9-10,14H,2-8H2,1H3,(H,15,16,17,19)/t9-,10+. The van der Waals surface area contributed by atoms with Gasteiger partial charge >= 0.3 is 0 Å². The molecule has 1 aromatic heterocycles. The summed E-state index contributed by atoms with van der Waals surface area (Å²) in [6.45, 7) is 6.83. The van der Waals surface area contributed by atoms with E-state index < -0.39 is 0 Å². The van der Waals surface area contributed by atoms with Crippen LogP contribution < -0.4 is 10.6 Å². The maximum absolute atomic E-state index is 12.1. The molecular formula is C13H21N5OS2. The second kappa shape index (κ2) is 7.04. The number of carbonyl (C=O) groups is 1. The minimum Gasteiger partial charge on any atom is -0.316 e. The second-order valence-electron chi connectivity index (χ2n) is 5.65. The van der Waals surface area contributed by atoms with Gasteiger partial charge in [-0.1, -0.05) is 18.7 Å². The van der Waals surface area contributed by atoms with Crippen molar-refractivity contribution in [1.29, 1.82) is 0 Å². The van der Waals surface area contributed by atoms with Gasteiger partial charge in [0.25, 0.3) is 0 Å². The molecule has 2 aliphatic heterocycles. The van der Waals surface area contributed by atoms with Gasteiger partial charge in [0.15, 0.2) is 0 Å². The Morgan fingerprint density at radius 2 is 2.24 bits per heavy atom. The fourth-order valence-corrected chi connectivity index (χ4v) is 4.37. The number of anilines is 1. The Morgan fingerprint density at radius 1 is 1.48 bits per heavy atom. The van der Waals surface area contributed by atoms with E-state index in [1.165, 1.54) is 11.5 Å². The number of rotatable bonds is 6. The third-order valence-corrected chi connectivity index (χ3v) is 5.72. The maximum Gasteiger partial charge on any atom is 0.240 e. The molecule has 2 atom stereocenters. The van der Waals surface area contributed by atoms with Gasteiger partial charge in [-0.3, -0.25) is 15.0 Å². The quantitative estimate of drug-likeness (QED) is 0.763. The topological polar surface area (TPSA) is 70.2 Å². The molecule has 0 aromatic carbocycles. The van der Waals surface area contributed by atoms with Crippen LogP contribution in [0.3, 0.4) is 0 Å². The molecule has 21 heavy (non-hydrogen) atoms. The number of hydrogen-bond acceptors (Lipinski definition) is 7. The Hall–Kier alpha value is -0.700. The molecule has 8 heteroatoms. The van der Waals surface area contributed by atoms with Crippen molar-refractivity contribution in [3.8, 4) is 0 Å². The number of nitrogens with zero attached hydrogens (tertiary/aromatic N) is 3. The Balaban J connectivity index is 1.45. The predicted molar refractivity (Wildman–Crippen MR) is 85.8 cm³/mol. The van der Waals surface area contributed by atoms with Gasteiger partial charge in [0.2, 0.25) is 16.2 Å². The summed E-state index contributed by atoms with van der Waals surface area (Å²) < 4.78 is 4.24. The van der Waals surface area contributed by atoms with E-state index >= 15 is 0 Å². The summed E-state index contributed by atoms with van der Waals surface area (Å²) in [6.07, 6.45) is 1.09. The van der Waals surface area contributed by atoms with E-state index in [9.17, 15) is 4.79 Å². The summed E-state index contributed by atoms with van der Waals surface area (Å²) in [5.41, 5.74) is 0. The fourth-order valence-electron chi connectivity index (χ4n) is 2.96. The zero-order valence-electron chi connectivity index (χ0n) is 12.2. The van der Waals surface area contributed by atoms with Crippen LogP contribution in [0, 0.1) is 11.8 Å². The number of nitrogens with one attached hydrogen (secondary N) is 2. The number of thioether (sulfide) groups is 1. The van der Waals surface area contributed by atoms with Gasteiger partial charge in [-0.05, 0) is 31.3 Å². The molecule has 0 bridgehead atoms. The van der Waals surface area contributed by atoms with Crippen molar-refractivity contribution in [2.45, 2.75) is 18.5 Å². The van der Waals surface area contributed by atoms with E-state index in [1.54, 1.807) is 11.8 Å². The molecule has 2 N–H and O–H groups in total. The van der Waals surface area contributed by atoms with Crippen molar-refractivity contribution in [3.63, 3.8) is 0 Å². The van der Waals surface area contributed by atoms with Gasteiger partial charge in [-0.15, -0.1) is 0 Å². The number of fused-ring (bicyclic) bond motifs is 1. The van der Waals surface area contributed by atoms with E-state index in [0.29, 0.717) is 11.7 Å². The van der Waals surface area contributed by atoms with Crippen molar-refractivity contribution in [2.75, 3.05) is 43.8 Å². The molecule has 0 saturated carbocycles. The highest BCUT2D eigenvalue weighted by atomic mass is 32.2. The number of likely N-dealkylation sites (tertiary alicyclic amines) is 1. The van der Waals surface area contributed by atoms with Crippen molar-refractivity contribution in [2.24, 2.45) is 11.8 Å². The number of amides is 1. The van der Waals surface area contributed by atoms with Crippen LogP contribution in [0.5, 0.6) is 0 Å². The Bertz CT molecular complexity index is 483. The van der Waals surface area contributed by atoms with Crippen LogP contribution in [0.1, 0.15) is 13.3 Å². The van der Waals surface area contributed by atoms with Crippen LogP contribution in [0.25, 0.3) is 0 Å². The zero-order chi connectivity index (χ0) is 14.7. The number of hydrogen-bond donors (Lipinski definition) is 2. The van der Waals surface area contributed by atoms with Gasteiger partial charge in [0.05, 0.1) is 6.54 Å². The van der Waals surface area contributed by atoms with Gasteiger partial charge in [0, 0.05) is 30.4 Å². The molecule has 2 aliphatic rings. The van der Waals surface area contributed by atoms with Gasteiger partial charge in [-0.2, -0.15) is 9.36 Å². The maximum atomic E-state index is 12.1. The fraction of sp³-hybridized carbons (Fsp3) is 0.769. The molecular weight excluding hydrogens is 306 g/mol. The number of aromatic nitrogens is 2. The first-order valence-electron chi connectivity index (χ1n) is 7.44. The zero-order valence-corrected chi connectivity index (χ0v) is 13.8. The molecule has 0 aliphatic carbocycles. The smallest absolute Gasteiger partial charge is 0.240 e. The highest BCUT2D eigenvalue weighted by Gasteiger charge is 2.36. The third-order valence-electron chi connectivity index (χ3n) is 3.92. The van der Waals surface area contributed by atoms with Crippen molar-refractivity contribution in [3.05, 3.63) is 0 Å². The van der Waals surface area contributed by atoms with Crippen LogP contribution in [0.2, 0.25) is 0 Å². The second-order valence-corrected chi connectivity index (χ2v) is 7.47. The van der Waals surface area contributed by atoms with Crippen LogP contribution in [0.15, 0.2) is 5.16 Å². The van der Waals surface area contributed by atoms with E-state index in [4.69, 9.17) is 0 Å². The molecule has 1 aromatic rings. The van der Waals surface area contributed by atoms with Crippen LogP contribution in [-0.4, -0.2) is 58.6 Å². The molecule has 3 rings (SSSR count). The lowest BCUT2D eigenvalue weighted by molar-refractivity contribution is -0.117. The van der Waals surface area contributed by atoms with Crippen molar-refractivity contribution < 1.29 is 4.79 Å². The molecule has 2 fully saturated rings. The third kappa shape index (κ3) is 3.94. The lowest BCUT2D eigenvalue weighted by Gasteiger charge is -2.15. The first kappa shape index (κ1) is 15.2. The lowest BCUT2D eigenvalue weighted by atomic mass is 10.0. The first-order valence-corrected chi connectivity index (χ1v) is 9.20. The molecule has 1 amide bonds. The average molecular weight is 327 g/mol. The summed E-state index contributed by atoms with van der Waals surface area (Å²) in [4.78, 5) is 18.7. The SMILES string of the molecule is CCCSc1nsc(NC(=O)CN2C[C@H]3CNC[C@H]3C2)n1. The summed E-state index contributed by atoms with van der Waals surface area (Å²) >= 11 is 2.89. The van der Waals surface area contributed by atoms with Crippen LogP contribution >= 0.6 is 23.3 Å². The summed E-state index contributed by atoms with van der Waals surface area (Å²) in [5, 5.41) is 7.65. The first-order chi connectivity index (χ1) is 10.2. The molecule has 2 saturated heterocycles. The lowest BCUT2D eigenvalue weighted by Crippen LogP contribution is -2.33. The van der Waals surface area contributed by atoms with Gasteiger partial charge < -0.3 is 5.32 Å². The molecule has 0 spiro atoms. The molecule has 6 nitrogen and oxygen atoms in total. The number of carbonyl (C=O) groups excluding carboxylic acids is 1. The summed E-state index contributed by atoms with van der Waals surface area (Å²) in [6, 6.07) is 0. The normalized spacial score (nSPS) is 25.2. The summed E-state index contributed by atoms with van der Waals surface area (Å²) in [7, 11) is 0. The largest absolute Gasteiger partial charge is 0.316 e.